The van der Waals surface area contributed by atoms with Crippen molar-refractivity contribution in [3.63, 3.8) is 0 Å². The molecule has 2 aliphatic heterocycles. The standard InChI is InChI=1S/C20H20ClN3O2S2.C19H18ClN3O2S2/c1-15-5-2-3-8-18(15)19-14-27-20(22-19)23-9-11-24(12-10-23)28(25,26)17-7-4-6-16(21)13-17;20-16-7-4-8-17(13-16)27(24,25)23-11-9-22(10-12-23)19-21-18(14-26-19)15-5-2-1-3-6-15/h2-8,13-14H,9-12H2,1H3;1-8,13-14H,9-12H2. The lowest BCUT2D eigenvalue weighted by molar-refractivity contribution is 0.384. The molecule has 2 aromatic heterocycles. The van der Waals surface area contributed by atoms with Crippen molar-refractivity contribution < 1.29 is 16.8 Å². The van der Waals surface area contributed by atoms with Crippen LogP contribution in [-0.4, -0.2) is 87.8 Å². The molecule has 0 aliphatic carbocycles. The molecule has 10 nitrogen and oxygen atoms in total. The minimum Gasteiger partial charge on any atom is -0.345 e. The number of nitrogens with zero attached hydrogens (tertiary/aromatic N) is 6. The summed E-state index contributed by atoms with van der Waals surface area (Å²) in [4.78, 5) is 14.3. The van der Waals surface area contributed by atoms with Crippen molar-refractivity contribution in [2.24, 2.45) is 0 Å². The molecule has 0 bridgehead atoms. The Bertz CT molecular complexity index is 2460. The molecule has 286 valence electrons. The first-order valence-electron chi connectivity index (χ1n) is 17.5. The summed E-state index contributed by atoms with van der Waals surface area (Å²) in [6.45, 7) is 6.23. The van der Waals surface area contributed by atoms with E-state index in [0.29, 0.717) is 62.4 Å². The first-order valence-corrected chi connectivity index (χ1v) is 22.9. The maximum absolute atomic E-state index is 12.8. The number of thiazole rings is 2. The first-order chi connectivity index (χ1) is 26.5. The lowest BCUT2D eigenvalue weighted by Crippen LogP contribution is -2.48. The van der Waals surface area contributed by atoms with E-state index in [4.69, 9.17) is 33.2 Å². The van der Waals surface area contributed by atoms with E-state index in [1.54, 1.807) is 59.1 Å². The van der Waals surface area contributed by atoms with E-state index in [1.807, 2.05) is 47.8 Å². The van der Waals surface area contributed by atoms with Gasteiger partial charge in [0.1, 0.15) is 0 Å². The summed E-state index contributed by atoms with van der Waals surface area (Å²) in [5.41, 5.74) is 5.32. The Labute approximate surface area is 340 Å². The van der Waals surface area contributed by atoms with Crippen molar-refractivity contribution in [1.82, 2.24) is 18.6 Å². The Morgan fingerprint density at radius 3 is 1.49 bits per heavy atom. The number of benzene rings is 4. The van der Waals surface area contributed by atoms with E-state index in [0.717, 1.165) is 32.8 Å². The highest BCUT2D eigenvalue weighted by molar-refractivity contribution is 7.89. The molecule has 4 aromatic carbocycles. The molecular weight excluding hydrogens is 816 g/mol. The van der Waals surface area contributed by atoms with Crippen molar-refractivity contribution in [3.8, 4) is 22.5 Å². The van der Waals surface area contributed by atoms with Gasteiger partial charge < -0.3 is 9.80 Å². The molecule has 0 radical (unpaired) electrons. The van der Waals surface area contributed by atoms with Gasteiger partial charge in [-0.15, -0.1) is 22.7 Å². The van der Waals surface area contributed by atoms with Gasteiger partial charge in [0.05, 0.1) is 21.2 Å². The molecule has 0 atom stereocenters. The van der Waals surface area contributed by atoms with Crippen LogP contribution in [0.1, 0.15) is 5.56 Å². The Morgan fingerprint density at radius 2 is 1.00 bits per heavy atom. The largest absolute Gasteiger partial charge is 0.345 e. The van der Waals surface area contributed by atoms with Crippen LogP contribution in [-0.2, 0) is 20.0 Å². The molecule has 0 unspecified atom stereocenters. The zero-order valence-corrected chi connectivity index (χ0v) is 34.6. The fourth-order valence-corrected chi connectivity index (χ4v) is 11.6. The molecule has 0 spiro atoms. The number of sulfonamides is 2. The molecule has 0 N–H and O–H groups in total. The highest BCUT2D eigenvalue weighted by Crippen LogP contribution is 2.32. The van der Waals surface area contributed by atoms with Crippen LogP contribution in [0.2, 0.25) is 10.0 Å². The zero-order chi connectivity index (χ0) is 38.6. The van der Waals surface area contributed by atoms with Crippen LogP contribution >= 0.6 is 45.9 Å². The predicted molar refractivity (Wildman–Crippen MR) is 225 cm³/mol. The topological polar surface area (TPSA) is 107 Å². The summed E-state index contributed by atoms with van der Waals surface area (Å²) in [5.74, 6) is 0. The SMILES string of the molecule is Cc1ccccc1-c1csc(N2CCN(S(=O)(=O)c3cccc(Cl)c3)CC2)n1.O=S(=O)(c1cccc(Cl)c1)N1CCN(c2nc(-c3ccccc3)cs2)CC1. The molecule has 2 aliphatic rings. The number of aromatic nitrogens is 2. The monoisotopic (exact) mass is 852 g/mol. The van der Waals surface area contributed by atoms with E-state index < -0.39 is 20.0 Å². The van der Waals surface area contributed by atoms with Gasteiger partial charge in [0.25, 0.3) is 0 Å². The van der Waals surface area contributed by atoms with Gasteiger partial charge in [0, 0.05) is 84.3 Å². The summed E-state index contributed by atoms with van der Waals surface area (Å²) in [6, 6.07) is 31.1. The minimum atomic E-state index is -3.53. The second kappa shape index (κ2) is 17.1. The molecule has 6 aromatic rings. The van der Waals surface area contributed by atoms with Crippen LogP contribution in [0.5, 0.6) is 0 Å². The number of piperazine rings is 2. The molecular formula is C39H38Cl2N6O4S4. The fourth-order valence-electron chi connectivity index (χ4n) is 6.34. The summed E-state index contributed by atoms with van der Waals surface area (Å²) >= 11 is 15.1. The van der Waals surface area contributed by atoms with Crippen molar-refractivity contribution in [1.29, 1.82) is 0 Å². The number of aryl methyl sites for hydroxylation is 1. The highest BCUT2D eigenvalue weighted by Gasteiger charge is 2.31. The van der Waals surface area contributed by atoms with Crippen molar-refractivity contribution in [2.75, 3.05) is 62.2 Å². The number of hydrogen-bond acceptors (Lipinski definition) is 10. The van der Waals surface area contributed by atoms with Gasteiger partial charge >= 0.3 is 0 Å². The van der Waals surface area contributed by atoms with E-state index in [9.17, 15) is 16.8 Å². The number of rotatable bonds is 8. The Hall–Kier alpha value is -3.86. The molecule has 2 saturated heterocycles. The number of halogens is 2. The first kappa shape index (κ1) is 39.4. The van der Waals surface area contributed by atoms with Crippen LogP contribution < -0.4 is 9.80 Å². The smallest absolute Gasteiger partial charge is 0.243 e. The van der Waals surface area contributed by atoms with Gasteiger partial charge in [0.2, 0.25) is 20.0 Å². The lowest BCUT2D eigenvalue weighted by atomic mass is 10.1. The fraction of sp³-hybridized carbons (Fsp3) is 0.231. The van der Waals surface area contributed by atoms with Gasteiger partial charge in [-0.25, -0.2) is 26.8 Å². The highest BCUT2D eigenvalue weighted by atomic mass is 35.5. The molecule has 0 saturated carbocycles. The van der Waals surface area contributed by atoms with Crippen LogP contribution in [0, 0.1) is 6.92 Å². The summed E-state index contributed by atoms with van der Waals surface area (Å²) in [7, 11) is -7.05. The van der Waals surface area contributed by atoms with Gasteiger partial charge in [-0.05, 0) is 48.9 Å². The third kappa shape index (κ3) is 9.08. The van der Waals surface area contributed by atoms with Crippen LogP contribution in [0.15, 0.2) is 124 Å². The van der Waals surface area contributed by atoms with Crippen LogP contribution in [0.3, 0.4) is 0 Å². The normalized spacial score (nSPS) is 15.8. The molecule has 0 amide bonds. The molecule has 2 fully saturated rings. The van der Waals surface area contributed by atoms with E-state index in [2.05, 4.69) is 34.2 Å². The molecule has 8 rings (SSSR count). The maximum atomic E-state index is 12.8. The second-order valence-corrected chi connectivity index (χ2v) is 19.3. The Kier molecular flexibility index (Phi) is 12.2. The maximum Gasteiger partial charge on any atom is 0.243 e. The number of hydrogen-bond donors (Lipinski definition) is 0. The quantitative estimate of drug-likeness (QED) is 0.151. The summed E-state index contributed by atoms with van der Waals surface area (Å²) in [6.07, 6.45) is 0. The van der Waals surface area contributed by atoms with E-state index in [1.165, 1.54) is 26.3 Å². The Morgan fingerprint density at radius 1 is 0.545 bits per heavy atom. The summed E-state index contributed by atoms with van der Waals surface area (Å²) in [5, 5.41) is 6.80. The van der Waals surface area contributed by atoms with Crippen molar-refractivity contribution >= 4 is 76.2 Å². The predicted octanol–water partition coefficient (Wildman–Crippen LogP) is 8.26. The van der Waals surface area contributed by atoms with Gasteiger partial charge in [0.15, 0.2) is 10.3 Å². The zero-order valence-electron chi connectivity index (χ0n) is 29.8. The second-order valence-electron chi connectivity index (χ2n) is 12.9. The molecule has 16 heteroatoms. The van der Waals surface area contributed by atoms with E-state index in [-0.39, 0.29) is 9.79 Å². The van der Waals surface area contributed by atoms with E-state index >= 15 is 0 Å². The Balaban J connectivity index is 0.000000169. The van der Waals surface area contributed by atoms with Gasteiger partial charge in [-0.1, -0.05) is 89.9 Å². The lowest BCUT2D eigenvalue weighted by Gasteiger charge is -2.33. The molecule has 4 heterocycles. The number of anilines is 2. The minimum absolute atomic E-state index is 0.240. The molecule has 55 heavy (non-hydrogen) atoms. The third-order valence-corrected chi connectivity index (χ3v) is 15.4. The van der Waals surface area contributed by atoms with Gasteiger partial charge in [-0.3, -0.25) is 0 Å². The van der Waals surface area contributed by atoms with Crippen LogP contribution in [0.4, 0.5) is 10.3 Å². The average molecular weight is 854 g/mol. The average Bonchev–Trinajstić information content (AvgIpc) is 3.91. The third-order valence-electron chi connectivity index (χ3n) is 9.36. The van der Waals surface area contributed by atoms with Gasteiger partial charge in [-0.2, -0.15) is 8.61 Å². The summed E-state index contributed by atoms with van der Waals surface area (Å²) < 4.78 is 54.3. The van der Waals surface area contributed by atoms with Crippen LogP contribution in [0.25, 0.3) is 22.5 Å². The van der Waals surface area contributed by atoms with Crippen molar-refractivity contribution in [2.45, 2.75) is 16.7 Å². The van der Waals surface area contributed by atoms with Crippen molar-refractivity contribution in [3.05, 3.63) is 129 Å².